The van der Waals surface area contributed by atoms with Gasteiger partial charge in [0, 0.05) is 23.4 Å². The first-order valence-corrected chi connectivity index (χ1v) is 6.73. The summed E-state index contributed by atoms with van der Waals surface area (Å²) in [4.78, 5) is 22.6. The summed E-state index contributed by atoms with van der Waals surface area (Å²) >= 11 is 1.23. The number of nitrogens with one attached hydrogen (secondary N) is 1. The molecule has 0 aliphatic heterocycles. The molecule has 2 N–H and O–H groups in total. The van der Waals surface area contributed by atoms with Crippen molar-refractivity contribution in [3.8, 4) is 11.8 Å². The Morgan fingerprint density at radius 1 is 1.33 bits per heavy atom. The Bertz CT molecular complexity index is 725. The standard InChI is InChI=1S/C14H10N2O4S/c17-8-1-2-10-7-9-21-13(10)14(18)15-11-3-5-12(6-4-11)16(19)20/h3-7,9,17H,8H2,(H,15,18). The van der Waals surface area contributed by atoms with Crippen LogP contribution in [0.3, 0.4) is 0 Å². The number of thiophene rings is 1. The average Bonchev–Trinajstić information content (AvgIpc) is 2.94. The second-order valence-corrected chi connectivity index (χ2v) is 4.80. The van der Waals surface area contributed by atoms with Crippen molar-refractivity contribution in [2.45, 2.75) is 0 Å². The number of nitro benzene ring substituents is 1. The van der Waals surface area contributed by atoms with E-state index < -0.39 is 4.92 Å². The van der Waals surface area contributed by atoms with E-state index in [2.05, 4.69) is 17.2 Å². The van der Waals surface area contributed by atoms with Crippen molar-refractivity contribution in [3.05, 3.63) is 56.3 Å². The highest BCUT2D eigenvalue weighted by Gasteiger charge is 2.13. The predicted molar refractivity (Wildman–Crippen MR) is 79.3 cm³/mol. The molecule has 0 saturated carbocycles. The lowest BCUT2D eigenvalue weighted by Crippen LogP contribution is -2.11. The quantitative estimate of drug-likeness (QED) is 0.516. The van der Waals surface area contributed by atoms with Crippen molar-refractivity contribution in [2.75, 3.05) is 11.9 Å². The normalized spacial score (nSPS) is 9.57. The third kappa shape index (κ3) is 3.66. The zero-order valence-corrected chi connectivity index (χ0v) is 11.5. The van der Waals surface area contributed by atoms with Crippen molar-refractivity contribution < 1.29 is 14.8 Å². The fraction of sp³-hybridized carbons (Fsp3) is 0.0714. The van der Waals surface area contributed by atoms with E-state index in [4.69, 9.17) is 5.11 Å². The summed E-state index contributed by atoms with van der Waals surface area (Å²) in [5.74, 6) is 4.83. The molecule has 2 rings (SSSR count). The number of hydrogen-bond donors (Lipinski definition) is 2. The van der Waals surface area contributed by atoms with E-state index >= 15 is 0 Å². The van der Waals surface area contributed by atoms with Gasteiger partial charge in [0.05, 0.1) is 4.92 Å². The number of carbonyl (C=O) groups is 1. The molecule has 1 aromatic carbocycles. The molecular formula is C14H10N2O4S. The maximum absolute atomic E-state index is 12.1. The molecule has 0 spiro atoms. The molecule has 6 nitrogen and oxygen atoms in total. The first-order chi connectivity index (χ1) is 10.1. The zero-order valence-electron chi connectivity index (χ0n) is 10.7. The second-order valence-electron chi connectivity index (χ2n) is 3.88. The van der Waals surface area contributed by atoms with E-state index in [0.717, 1.165) is 0 Å². The lowest BCUT2D eigenvalue weighted by molar-refractivity contribution is -0.384. The van der Waals surface area contributed by atoms with Crippen molar-refractivity contribution in [2.24, 2.45) is 0 Å². The highest BCUT2D eigenvalue weighted by Crippen LogP contribution is 2.20. The Labute approximate surface area is 124 Å². The Hall–Kier alpha value is -2.69. The van der Waals surface area contributed by atoms with Crippen LogP contribution in [0.4, 0.5) is 11.4 Å². The van der Waals surface area contributed by atoms with Crippen LogP contribution in [0.15, 0.2) is 35.7 Å². The molecule has 1 amide bonds. The number of anilines is 1. The highest BCUT2D eigenvalue weighted by molar-refractivity contribution is 7.12. The van der Waals surface area contributed by atoms with E-state index in [9.17, 15) is 14.9 Å². The second kappa shape index (κ2) is 6.65. The largest absolute Gasteiger partial charge is 0.384 e. The van der Waals surface area contributed by atoms with Gasteiger partial charge in [-0.1, -0.05) is 11.8 Å². The van der Waals surface area contributed by atoms with Gasteiger partial charge in [-0.05, 0) is 23.6 Å². The summed E-state index contributed by atoms with van der Waals surface area (Å²) in [5, 5.41) is 23.6. The lowest BCUT2D eigenvalue weighted by atomic mass is 10.2. The molecule has 0 aliphatic carbocycles. The number of carbonyl (C=O) groups excluding carboxylic acids is 1. The number of aliphatic hydroxyl groups excluding tert-OH is 1. The lowest BCUT2D eigenvalue weighted by Gasteiger charge is -2.03. The van der Waals surface area contributed by atoms with E-state index in [0.29, 0.717) is 16.1 Å². The van der Waals surface area contributed by atoms with Crippen molar-refractivity contribution in [3.63, 3.8) is 0 Å². The van der Waals surface area contributed by atoms with Crippen LogP contribution in [0.5, 0.6) is 0 Å². The third-order valence-corrected chi connectivity index (χ3v) is 3.42. The predicted octanol–water partition coefficient (Wildman–Crippen LogP) is 2.25. The van der Waals surface area contributed by atoms with Crippen LogP contribution in [0.1, 0.15) is 15.2 Å². The topological polar surface area (TPSA) is 92.5 Å². The van der Waals surface area contributed by atoms with Crippen LogP contribution in [0, 0.1) is 22.0 Å². The molecule has 0 radical (unpaired) electrons. The number of amides is 1. The Morgan fingerprint density at radius 3 is 2.67 bits per heavy atom. The fourth-order valence-electron chi connectivity index (χ4n) is 1.57. The van der Waals surface area contributed by atoms with Crippen LogP contribution in [0.25, 0.3) is 0 Å². The van der Waals surface area contributed by atoms with Crippen LogP contribution in [-0.4, -0.2) is 22.5 Å². The third-order valence-electron chi connectivity index (χ3n) is 2.51. The van der Waals surface area contributed by atoms with E-state index in [1.807, 2.05) is 0 Å². The molecular weight excluding hydrogens is 292 g/mol. The van der Waals surface area contributed by atoms with Gasteiger partial charge < -0.3 is 10.4 Å². The number of hydrogen-bond acceptors (Lipinski definition) is 5. The van der Waals surface area contributed by atoms with Gasteiger partial charge in [-0.15, -0.1) is 11.3 Å². The van der Waals surface area contributed by atoms with Crippen molar-refractivity contribution in [1.29, 1.82) is 0 Å². The van der Waals surface area contributed by atoms with Crippen LogP contribution < -0.4 is 5.32 Å². The number of rotatable bonds is 3. The molecule has 0 unspecified atom stereocenters. The van der Waals surface area contributed by atoms with Gasteiger partial charge >= 0.3 is 0 Å². The maximum atomic E-state index is 12.1. The number of aliphatic hydroxyl groups is 1. The Balaban J connectivity index is 2.14. The smallest absolute Gasteiger partial charge is 0.269 e. The first-order valence-electron chi connectivity index (χ1n) is 5.85. The summed E-state index contributed by atoms with van der Waals surface area (Å²) in [7, 11) is 0. The molecule has 7 heteroatoms. The minimum atomic E-state index is -0.506. The van der Waals surface area contributed by atoms with Gasteiger partial charge in [-0.3, -0.25) is 14.9 Å². The summed E-state index contributed by atoms with van der Waals surface area (Å²) in [6.45, 7) is -0.279. The molecule has 106 valence electrons. The fourth-order valence-corrected chi connectivity index (χ4v) is 2.32. The first kappa shape index (κ1) is 14.7. The number of nitro groups is 1. The molecule has 1 heterocycles. The molecule has 0 atom stereocenters. The monoisotopic (exact) mass is 302 g/mol. The summed E-state index contributed by atoms with van der Waals surface area (Å²) in [6.07, 6.45) is 0. The average molecular weight is 302 g/mol. The molecule has 1 aromatic heterocycles. The molecule has 0 fully saturated rings. The van der Waals surface area contributed by atoms with Gasteiger partial charge in [0.2, 0.25) is 0 Å². The highest BCUT2D eigenvalue weighted by atomic mass is 32.1. The molecule has 0 saturated heterocycles. The van der Waals surface area contributed by atoms with Gasteiger partial charge in [0.1, 0.15) is 11.5 Å². The number of benzene rings is 1. The van der Waals surface area contributed by atoms with Gasteiger partial charge in [-0.2, -0.15) is 0 Å². The van der Waals surface area contributed by atoms with Crippen molar-refractivity contribution >= 4 is 28.6 Å². The van der Waals surface area contributed by atoms with E-state index in [1.165, 1.54) is 35.6 Å². The molecule has 2 aromatic rings. The maximum Gasteiger partial charge on any atom is 0.269 e. The van der Waals surface area contributed by atoms with Gasteiger partial charge in [-0.25, -0.2) is 0 Å². The van der Waals surface area contributed by atoms with Crippen LogP contribution in [-0.2, 0) is 0 Å². The molecule has 0 bridgehead atoms. The Kier molecular flexibility index (Phi) is 4.66. The zero-order chi connectivity index (χ0) is 15.2. The van der Waals surface area contributed by atoms with E-state index in [-0.39, 0.29) is 18.2 Å². The minimum Gasteiger partial charge on any atom is -0.384 e. The Morgan fingerprint density at radius 2 is 2.05 bits per heavy atom. The molecule has 21 heavy (non-hydrogen) atoms. The van der Waals surface area contributed by atoms with Gasteiger partial charge in [0.15, 0.2) is 0 Å². The number of nitrogens with zero attached hydrogens (tertiary/aromatic N) is 1. The molecule has 0 aliphatic rings. The summed E-state index contributed by atoms with van der Waals surface area (Å²) in [6, 6.07) is 7.25. The van der Waals surface area contributed by atoms with E-state index in [1.54, 1.807) is 11.4 Å². The minimum absolute atomic E-state index is 0.0429. The number of non-ortho nitro benzene ring substituents is 1. The van der Waals surface area contributed by atoms with Crippen molar-refractivity contribution in [1.82, 2.24) is 0 Å². The van der Waals surface area contributed by atoms with Crippen LogP contribution in [0.2, 0.25) is 0 Å². The summed E-state index contributed by atoms with van der Waals surface area (Å²) in [5.41, 5.74) is 0.951. The summed E-state index contributed by atoms with van der Waals surface area (Å²) < 4.78 is 0. The SMILES string of the molecule is O=C(Nc1ccc([N+](=O)[O-])cc1)c1sccc1C#CCO. The van der Waals surface area contributed by atoms with Gasteiger partial charge in [0.25, 0.3) is 11.6 Å². The van der Waals surface area contributed by atoms with Crippen LogP contribution >= 0.6 is 11.3 Å².